The number of carbonyl (C=O) groups excluding carboxylic acids is 2. The van der Waals surface area contributed by atoms with Gasteiger partial charge in [0.1, 0.15) is 23.2 Å². The van der Waals surface area contributed by atoms with Crippen molar-refractivity contribution < 1.29 is 33.3 Å². The summed E-state index contributed by atoms with van der Waals surface area (Å²) >= 11 is 0. The third-order valence-corrected chi connectivity index (χ3v) is 9.57. The number of aliphatic hydroxyl groups excluding tert-OH is 1. The van der Waals surface area contributed by atoms with E-state index in [0.717, 1.165) is 30.4 Å². The molecule has 2 heterocycles. The van der Waals surface area contributed by atoms with Crippen LogP contribution in [0.2, 0.25) is 0 Å². The molecule has 3 atom stereocenters. The number of aryl methyl sites for hydroxylation is 2. The Morgan fingerprint density at radius 1 is 0.800 bits per heavy atom. The van der Waals surface area contributed by atoms with Gasteiger partial charge in [-0.2, -0.15) is 9.97 Å². The van der Waals surface area contributed by atoms with Gasteiger partial charge < -0.3 is 41.4 Å². The molecule has 0 aliphatic carbocycles. The zero-order chi connectivity index (χ0) is 40.2. The first-order valence-electron chi connectivity index (χ1n) is 18.4. The van der Waals surface area contributed by atoms with Crippen molar-refractivity contribution in [3.05, 3.63) is 87.0 Å². The van der Waals surface area contributed by atoms with E-state index >= 15 is 4.39 Å². The minimum Gasteiger partial charge on any atom is -0.496 e. The molecule has 3 unspecified atom stereocenters. The summed E-state index contributed by atoms with van der Waals surface area (Å²) in [5.41, 5.74) is 16.3. The summed E-state index contributed by atoms with van der Waals surface area (Å²) in [6, 6.07) is 9.28. The van der Waals surface area contributed by atoms with E-state index < -0.39 is 29.6 Å². The molecule has 15 heteroatoms. The van der Waals surface area contributed by atoms with E-state index in [4.69, 9.17) is 25.7 Å². The quantitative estimate of drug-likeness (QED) is 0.0601. The average Bonchev–Trinajstić information content (AvgIpc) is 3.16. The smallest absolute Gasteiger partial charge is 0.314 e. The molecule has 0 fully saturated rings. The number of nitrogens with one attached hydrogen (secondary N) is 2. The molecular weight excluding hydrogens is 707 g/mol. The maximum atomic E-state index is 16.1. The number of ether oxygens (including phenoxy) is 3. The Hall–Kier alpha value is -5.57. The first kappa shape index (κ1) is 42.2. The molecule has 2 aromatic carbocycles. The number of hydrogen-bond acceptors (Lipinski definition) is 14. The summed E-state index contributed by atoms with van der Waals surface area (Å²) in [5.74, 6) is -2.93. The number of anilines is 4. The van der Waals surface area contributed by atoms with Gasteiger partial charge >= 0.3 is 11.9 Å². The predicted octanol–water partition coefficient (Wildman–Crippen LogP) is 5.38. The van der Waals surface area contributed by atoms with Gasteiger partial charge in [0.2, 0.25) is 11.9 Å². The highest BCUT2D eigenvalue weighted by Gasteiger charge is 2.39. The number of hydrogen-bond donors (Lipinski definition) is 5. The summed E-state index contributed by atoms with van der Waals surface area (Å²) in [7, 11) is 3.94. The fourth-order valence-corrected chi connectivity index (χ4v) is 6.62. The fourth-order valence-electron chi connectivity index (χ4n) is 6.62. The average molecular weight is 761 g/mol. The molecule has 0 saturated heterocycles. The molecule has 0 aliphatic heterocycles. The van der Waals surface area contributed by atoms with E-state index in [-0.39, 0.29) is 42.1 Å². The first-order valence-corrected chi connectivity index (χ1v) is 18.4. The SMILES string of the molecule is CCCCNc1nc(N)nc(C)c1Cc1ccc(C(C(=O)OC)C(C(=O)OC)c2ccc(Cc3c(C)nc(N)nc3NC(CO)CCC)c(F)c2)cc1OC. The Kier molecular flexibility index (Phi) is 15.1. The molecule has 4 rings (SSSR count). The third-order valence-electron chi connectivity index (χ3n) is 9.57. The van der Waals surface area contributed by atoms with Crippen molar-refractivity contribution in [1.82, 2.24) is 19.9 Å². The van der Waals surface area contributed by atoms with Gasteiger partial charge in [-0.05, 0) is 61.1 Å². The third kappa shape index (κ3) is 10.4. The molecule has 296 valence electrons. The topological polar surface area (TPSA) is 210 Å². The van der Waals surface area contributed by atoms with Gasteiger partial charge in [-0.3, -0.25) is 9.59 Å². The van der Waals surface area contributed by atoms with Gasteiger partial charge in [-0.15, -0.1) is 0 Å². The van der Waals surface area contributed by atoms with Crippen molar-refractivity contribution in [1.29, 1.82) is 0 Å². The van der Waals surface area contributed by atoms with E-state index in [0.29, 0.717) is 59.3 Å². The van der Waals surface area contributed by atoms with Gasteiger partial charge in [0.05, 0.1) is 45.8 Å². The molecule has 0 aliphatic rings. The number of carbonyl (C=O) groups is 2. The van der Waals surface area contributed by atoms with Crippen LogP contribution in [0.25, 0.3) is 0 Å². The van der Waals surface area contributed by atoms with Crippen LogP contribution in [0.15, 0.2) is 36.4 Å². The van der Waals surface area contributed by atoms with E-state index in [1.54, 1.807) is 37.3 Å². The van der Waals surface area contributed by atoms with Crippen LogP contribution in [0.5, 0.6) is 5.75 Å². The summed E-state index contributed by atoms with van der Waals surface area (Å²) in [4.78, 5) is 44.6. The number of rotatable bonds is 19. The zero-order valence-electron chi connectivity index (χ0n) is 32.7. The number of nitrogens with two attached hydrogens (primary N) is 2. The van der Waals surface area contributed by atoms with E-state index in [1.807, 2.05) is 13.8 Å². The maximum Gasteiger partial charge on any atom is 0.314 e. The second kappa shape index (κ2) is 19.7. The predicted molar refractivity (Wildman–Crippen MR) is 210 cm³/mol. The lowest BCUT2D eigenvalue weighted by atomic mass is 9.80. The molecule has 0 spiro atoms. The Labute approximate surface area is 321 Å². The van der Waals surface area contributed by atoms with Crippen LogP contribution in [0.1, 0.15) is 96.1 Å². The number of aliphatic hydroxyl groups is 1. The van der Waals surface area contributed by atoms with Crippen LogP contribution in [0.4, 0.5) is 27.9 Å². The summed E-state index contributed by atoms with van der Waals surface area (Å²) in [6.07, 6.45) is 3.93. The van der Waals surface area contributed by atoms with Gasteiger partial charge in [-0.25, -0.2) is 14.4 Å². The number of esters is 2. The van der Waals surface area contributed by atoms with Crippen LogP contribution >= 0.6 is 0 Å². The molecule has 0 bridgehead atoms. The molecule has 2 aromatic heterocycles. The number of unbranched alkanes of at least 4 members (excludes halogenated alkanes) is 1. The van der Waals surface area contributed by atoms with Gasteiger partial charge in [-0.1, -0.05) is 51.0 Å². The Bertz CT molecular complexity index is 1960. The second-order valence-electron chi connectivity index (χ2n) is 13.4. The number of methoxy groups -OCH3 is 3. The minimum absolute atomic E-state index is 0.0470. The molecule has 7 N–H and O–H groups in total. The van der Waals surface area contributed by atoms with Crippen molar-refractivity contribution in [2.24, 2.45) is 0 Å². The number of nitrogen functional groups attached to an aromatic ring is 2. The Morgan fingerprint density at radius 2 is 1.35 bits per heavy atom. The largest absolute Gasteiger partial charge is 0.496 e. The van der Waals surface area contributed by atoms with E-state index in [1.165, 1.54) is 27.4 Å². The molecule has 14 nitrogen and oxygen atoms in total. The van der Waals surface area contributed by atoms with Crippen molar-refractivity contribution in [3.63, 3.8) is 0 Å². The summed E-state index contributed by atoms with van der Waals surface area (Å²) in [6.45, 7) is 8.30. The van der Waals surface area contributed by atoms with Crippen LogP contribution < -0.4 is 26.8 Å². The Morgan fingerprint density at radius 3 is 1.87 bits per heavy atom. The standard InChI is InChI=1S/C40H53FN8O6/c1-8-10-16-44-35-29(22(3)45-39(42)48-35)18-25-13-15-27(20-32(25)53-5)34(38(52)55-7)33(37(51)54-6)26-14-12-24(31(41)19-26)17-30-23(4)46-40(43)49-36(30)47-28(21-50)11-9-2/h12-15,19-20,28,33-34,50H,8-11,16-18,21H2,1-7H3,(H3,42,44,45,48)(H3,43,46,47,49). The van der Waals surface area contributed by atoms with Crippen molar-refractivity contribution >= 4 is 35.5 Å². The number of nitrogens with zero attached hydrogens (tertiary/aromatic N) is 4. The van der Waals surface area contributed by atoms with Crippen LogP contribution in [-0.4, -0.2) is 77.5 Å². The van der Waals surface area contributed by atoms with Crippen LogP contribution in [0.3, 0.4) is 0 Å². The summed E-state index contributed by atoms with van der Waals surface area (Å²) < 4.78 is 32.3. The van der Waals surface area contributed by atoms with Crippen molar-refractivity contribution in [3.8, 4) is 5.75 Å². The highest BCUT2D eigenvalue weighted by Crippen LogP contribution is 2.39. The minimum atomic E-state index is -1.28. The molecule has 0 amide bonds. The lowest BCUT2D eigenvalue weighted by Gasteiger charge is -2.25. The second-order valence-corrected chi connectivity index (χ2v) is 13.4. The van der Waals surface area contributed by atoms with E-state index in [9.17, 15) is 14.7 Å². The lowest BCUT2D eigenvalue weighted by Crippen LogP contribution is -2.29. The molecular formula is C40H53FN8O6. The van der Waals surface area contributed by atoms with Gasteiger partial charge in [0.25, 0.3) is 0 Å². The van der Waals surface area contributed by atoms with Crippen LogP contribution in [-0.2, 0) is 31.9 Å². The number of aromatic nitrogens is 4. The fraction of sp³-hybridized carbons (Fsp3) is 0.450. The van der Waals surface area contributed by atoms with E-state index in [2.05, 4.69) is 37.5 Å². The zero-order valence-corrected chi connectivity index (χ0v) is 32.7. The maximum absolute atomic E-state index is 16.1. The van der Waals surface area contributed by atoms with Crippen LogP contribution in [0, 0.1) is 19.7 Å². The lowest BCUT2D eigenvalue weighted by molar-refractivity contribution is -0.150. The van der Waals surface area contributed by atoms with Crippen molar-refractivity contribution in [2.75, 3.05) is 56.6 Å². The number of halogens is 1. The molecule has 4 aromatic rings. The van der Waals surface area contributed by atoms with Crippen molar-refractivity contribution in [2.45, 2.75) is 84.1 Å². The highest BCUT2D eigenvalue weighted by atomic mass is 19.1. The molecule has 0 radical (unpaired) electrons. The Balaban J connectivity index is 1.73. The highest BCUT2D eigenvalue weighted by molar-refractivity contribution is 5.90. The number of benzene rings is 2. The summed E-state index contributed by atoms with van der Waals surface area (Å²) in [5, 5.41) is 16.5. The molecule has 0 saturated carbocycles. The monoisotopic (exact) mass is 760 g/mol. The first-order chi connectivity index (χ1) is 26.4. The van der Waals surface area contributed by atoms with Gasteiger partial charge in [0.15, 0.2) is 0 Å². The van der Waals surface area contributed by atoms with Gasteiger partial charge in [0, 0.05) is 41.9 Å². The normalized spacial score (nSPS) is 12.7. The molecule has 55 heavy (non-hydrogen) atoms.